The van der Waals surface area contributed by atoms with E-state index in [0.717, 1.165) is 28.9 Å². The molecule has 2 aromatic rings. The third-order valence-corrected chi connectivity index (χ3v) is 4.67. The van der Waals surface area contributed by atoms with Crippen molar-refractivity contribution in [2.24, 2.45) is 0 Å². The highest BCUT2D eigenvalue weighted by atomic mass is 35.5. The van der Waals surface area contributed by atoms with E-state index < -0.39 is 0 Å². The van der Waals surface area contributed by atoms with Gasteiger partial charge in [-0.1, -0.05) is 24.6 Å². The van der Waals surface area contributed by atoms with Gasteiger partial charge < -0.3 is 5.32 Å². The van der Waals surface area contributed by atoms with Crippen molar-refractivity contribution in [1.82, 2.24) is 4.98 Å². The summed E-state index contributed by atoms with van der Waals surface area (Å²) < 4.78 is 0. The highest BCUT2D eigenvalue weighted by Gasteiger charge is 2.02. The Morgan fingerprint density at radius 2 is 2.33 bits per heavy atom. The van der Waals surface area contributed by atoms with Gasteiger partial charge in [-0.15, -0.1) is 23.1 Å². The Bertz CT molecular complexity index is 499. The maximum Gasteiger partial charge on any atom is 0.182 e. The molecular weight excluding hydrogens is 284 g/mol. The van der Waals surface area contributed by atoms with Gasteiger partial charge in [0.1, 0.15) is 0 Å². The van der Waals surface area contributed by atoms with E-state index in [2.05, 4.69) is 23.3 Å². The first-order chi connectivity index (χ1) is 8.78. The van der Waals surface area contributed by atoms with Crippen LogP contribution in [0.4, 0.5) is 5.13 Å². The standard InChI is InChI=1S/C13H15ClN2S2/c1-2-6-15-13-16-8-12(18-13)9-17-11-5-3-4-10(14)7-11/h3-5,7-8H,2,6,9H2,1H3,(H,15,16). The summed E-state index contributed by atoms with van der Waals surface area (Å²) >= 11 is 9.46. The van der Waals surface area contributed by atoms with E-state index in [9.17, 15) is 0 Å². The Kier molecular flexibility index (Phi) is 5.35. The Balaban J connectivity index is 1.88. The summed E-state index contributed by atoms with van der Waals surface area (Å²) in [7, 11) is 0. The lowest BCUT2D eigenvalue weighted by Gasteiger charge is -2.00. The van der Waals surface area contributed by atoms with Crippen LogP contribution < -0.4 is 5.32 Å². The van der Waals surface area contributed by atoms with Gasteiger partial charge in [0.15, 0.2) is 5.13 Å². The van der Waals surface area contributed by atoms with Crippen molar-refractivity contribution < 1.29 is 0 Å². The summed E-state index contributed by atoms with van der Waals surface area (Å²) in [6.45, 7) is 3.13. The van der Waals surface area contributed by atoms with Crippen molar-refractivity contribution in [3.63, 3.8) is 0 Å². The number of nitrogens with zero attached hydrogens (tertiary/aromatic N) is 1. The van der Waals surface area contributed by atoms with Crippen LogP contribution in [0.25, 0.3) is 0 Å². The number of halogens is 1. The van der Waals surface area contributed by atoms with Gasteiger partial charge in [0.05, 0.1) is 0 Å². The van der Waals surface area contributed by atoms with Crippen LogP contribution in [0.2, 0.25) is 5.02 Å². The topological polar surface area (TPSA) is 24.9 Å². The van der Waals surface area contributed by atoms with Crippen molar-refractivity contribution >= 4 is 39.8 Å². The number of nitrogens with one attached hydrogen (secondary N) is 1. The van der Waals surface area contributed by atoms with E-state index in [1.807, 2.05) is 24.4 Å². The van der Waals surface area contributed by atoms with Crippen molar-refractivity contribution in [2.75, 3.05) is 11.9 Å². The van der Waals surface area contributed by atoms with Crippen LogP contribution in [0.5, 0.6) is 0 Å². The van der Waals surface area contributed by atoms with E-state index in [4.69, 9.17) is 11.6 Å². The van der Waals surface area contributed by atoms with Crippen LogP contribution in [0.15, 0.2) is 35.4 Å². The summed E-state index contributed by atoms with van der Waals surface area (Å²) in [4.78, 5) is 6.82. The van der Waals surface area contributed by atoms with Crippen LogP contribution in [-0.2, 0) is 5.75 Å². The molecule has 0 aliphatic heterocycles. The maximum absolute atomic E-state index is 5.95. The molecule has 1 heterocycles. The van der Waals surface area contributed by atoms with Crippen LogP contribution in [0.3, 0.4) is 0 Å². The predicted octanol–water partition coefficient (Wildman–Crippen LogP) is 4.91. The zero-order valence-electron chi connectivity index (χ0n) is 10.1. The molecule has 0 radical (unpaired) electrons. The van der Waals surface area contributed by atoms with E-state index in [-0.39, 0.29) is 0 Å². The fourth-order valence-electron chi connectivity index (χ4n) is 1.40. The number of aromatic nitrogens is 1. The molecule has 1 aromatic carbocycles. The Hall–Kier alpha value is -0.710. The molecule has 0 amide bonds. The number of rotatable bonds is 6. The molecule has 0 unspecified atom stereocenters. The molecule has 0 saturated heterocycles. The summed E-state index contributed by atoms with van der Waals surface area (Å²) in [5, 5.41) is 5.10. The van der Waals surface area contributed by atoms with Crippen molar-refractivity contribution in [1.29, 1.82) is 0 Å². The molecule has 0 saturated carbocycles. The van der Waals surface area contributed by atoms with Crippen LogP contribution in [-0.4, -0.2) is 11.5 Å². The molecule has 1 aromatic heterocycles. The second-order valence-electron chi connectivity index (χ2n) is 3.80. The lowest BCUT2D eigenvalue weighted by Crippen LogP contribution is -1.97. The molecule has 0 fully saturated rings. The molecule has 1 N–H and O–H groups in total. The number of thiazole rings is 1. The Labute approximate surface area is 121 Å². The lowest BCUT2D eigenvalue weighted by molar-refractivity contribution is 0.976. The predicted molar refractivity (Wildman–Crippen MR) is 81.9 cm³/mol. The highest BCUT2D eigenvalue weighted by Crippen LogP contribution is 2.28. The lowest BCUT2D eigenvalue weighted by atomic mass is 10.4. The second kappa shape index (κ2) is 7.02. The summed E-state index contributed by atoms with van der Waals surface area (Å²) in [5.74, 6) is 0.936. The minimum atomic E-state index is 0.787. The van der Waals surface area contributed by atoms with Gasteiger partial charge in [-0.2, -0.15) is 0 Å². The van der Waals surface area contributed by atoms with Crippen molar-refractivity contribution in [2.45, 2.75) is 24.0 Å². The monoisotopic (exact) mass is 298 g/mol. The SMILES string of the molecule is CCCNc1ncc(CSc2cccc(Cl)c2)s1. The van der Waals surface area contributed by atoms with Gasteiger partial charge in [-0.25, -0.2) is 4.98 Å². The zero-order chi connectivity index (χ0) is 12.8. The molecule has 0 atom stereocenters. The third-order valence-electron chi connectivity index (χ3n) is 2.26. The van der Waals surface area contributed by atoms with Crippen LogP contribution in [0.1, 0.15) is 18.2 Å². The first-order valence-electron chi connectivity index (χ1n) is 5.85. The molecule has 0 aliphatic rings. The molecule has 0 bridgehead atoms. The van der Waals surface area contributed by atoms with Gasteiger partial charge >= 0.3 is 0 Å². The second-order valence-corrected chi connectivity index (χ2v) is 6.40. The molecular formula is C13H15ClN2S2. The van der Waals surface area contributed by atoms with E-state index in [1.54, 1.807) is 23.1 Å². The minimum Gasteiger partial charge on any atom is -0.362 e. The molecule has 0 aliphatic carbocycles. The molecule has 0 spiro atoms. The van der Waals surface area contributed by atoms with Gasteiger partial charge in [0, 0.05) is 33.3 Å². The van der Waals surface area contributed by atoms with Crippen LogP contribution in [0, 0.1) is 0 Å². The average molecular weight is 299 g/mol. The molecule has 2 nitrogen and oxygen atoms in total. The summed E-state index contributed by atoms with van der Waals surface area (Å²) in [6.07, 6.45) is 3.06. The third kappa shape index (κ3) is 4.19. The number of thioether (sulfide) groups is 1. The van der Waals surface area contributed by atoms with E-state index in [0.29, 0.717) is 0 Å². The molecule has 18 heavy (non-hydrogen) atoms. The quantitative estimate of drug-likeness (QED) is 0.767. The van der Waals surface area contributed by atoms with Crippen molar-refractivity contribution in [3.05, 3.63) is 40.4 Å². The fraction of sp³-hybridized carbons (Fsp3) is 0.308. The molecule has 2 rings (SSSR count). The smallest absolute Gasteiger partial charge is 0.182 e. The average Bonchev–Trinajstić information content (AvgIpc) is 2.82. The van der Waals surface area contributed by atoms with Gasteiger partial charge in [0.25, 0.3) is 0 Å². The number of hydrogen-bond donors (Lipinski definition) is 1. The Morgan fingerprint density at radius 3 is 3.11 bits per heavy atom. The number of hydrogen-bond acceptors (Lipinski definition) is 4. The van der Waals surface area contributed by atoms with Gasteiger partial charge in [-0.05, 0) is 24.6 Å². The summed E-state index contributed by atoms with van der Waals surface area (Å²) in [6, 6.07) is 7.94. The molecule has 5 heteroatoms. The fourth-order valence-corrected chi connectivity index (χ4v) is 3.47. The number of benzene rings is 1. The van der Waals surface area contributed by atoms with Gasteiger partial charge in [0.2, 0.25) is 0 Å². The number of anilines is 1. The van der Waals surface area contributed by atoms with Crippen LogP contribution >= 0.6 is 34.7 Å². The normalized spacial score (nSPS) is 10.6. The van der Waals surface area contributed by atoms with Crippen molar-refractivity contribution in [3.8, 4) is 0 Å². The first kappa shape index (κ1) is 13.7. The first-order valence-corrected chi connectivity index (χ1v) is 8.03. The summed E-state index contributed by atoms with van der Waals surface area (Å²) in [5.41, 5.74) is 0. The molecule has 96 valence electrons. The Morgan fingerprint density at radius 1 is 1.44 bits per heavy atom. The van der Waals surface area contributed by atoms with E-state index >= 15 is 0 Å². The zero-order valence-corrected chi connectivity index (χ0v) is 12.5. The van der Waals surface area contributed by atoms with E-state index in [1.165, 1.54) is 9.77 Å². The van der Waals surface area contributed by atoms with Gasteiger partial charge in [-0.3, -0.25) is 0 Å². The minimum absolute atomic E-state index is 0.787. The maximum atomic E-state index is 5.95. The largest absolute Gasteiger partial charge is 0.362 e. The highest BCUT2D eigenvalue weighted by molar-refractivity contribution is 7.98.